The smallest absolute Gasteiger partial charge is 0.0136 e. The summed E-state index contributed by atoms with van der Waals surface area (Å²) in [5.41, 5.74) is 0. The van der Waals surface area contributed by atoms with E-state index in [-0.39, 0.29) is 0 Å². The molecule has 0 spiro atoms. The molecule has 0 unspecified atom stereocenters. The molecule has 0 aliphatic carbocycles. The lowest BCUT2D eigenvalue weighted by molar-refractivity contribution is 1.70. The van der Waals surface area contributed by atoms with Crippen molar-refractivity contribution in [1.82, 2.24) is 0 Å². The Hall–Kier alpha value is -0.360. The Kier molecular flexibility index (Phi) is 2.79. The van der Waals surface area contributed by atoms with E-state index in [0.29, 0.717) is 0 Å². The number of benzene rings is 3. The molecule has 2 heteroatoms. The number of hydrogen-bond donors (Lipinski definition) is 0. The number of fused-ring (bicyclic) bond motifs is 2. The Morgan fingerprint density at radius 2 is 0.938 bits per heavy atom. The predicted molar refractivity (Wildman–Crippen MR) is 86.9 cm³/mol. The molecule has 3 aromatic rings. The first-order valence-electron chi connectivity index (χ1n) is 5.01. The van der Waals surface area contributed by atoms with Crippen molar-refractivity contribution in [2.75, 3.05) is 0 Å². The highest BCUT2D eigenvalue weighted by molar-refractivity contribution is 14.1. The normalized spacial score (nSPS) is 11.1. The first kappa shape index (κ1) is 10.8. The van der Waals surface area contributed by atoms with E-state index in [2.05, 4.69) is 93.7 Å². The average molecular weight is 430 g/mol. The van der Waals surface area contributed by atoms with Crippen LogP contribution in [0.5, 0.6) is 0 Å². The Balaban J connectivity index is 2.44. The zero-order valence-corrected chi connectivity index (χ0v) is 12.7. The van der Waals surface area contributed by atoms with Gasteiger partial charge in [0.15, 0.2) is 0 Å². The van der Waals surface area contributed by atoms with Crippen molar-refractivity contribution in [3.63, 3.8) is 0 Å². The highest BCUT2D eigenvalue weighted by atomic mass is 127. The summed E-state index contributed by atoms with van der Waals surface area (Å²) in [6, 6.07) is 17.7. The second-order valence-electron chi connectivity index (χ2n) is 3.84. The maximum Gasteiger partial charge on any atom is 0.0136 e. The predicted octanol–water partition coefficient (Wildman–Crippen LogP) is 5.20. The summed E-state index contributed by atoms with van der Waals surface area (Å²) in [6.45, 7) is 0. The maximum atomic E-state index is 2.36. The molecule has 3 rings (SSSR count). The lowest BCUT2D eigenvalue weighted by Crippen LogP contribution is -1.79. The quantitative estimate of drug-likeness (QED) is 0.340. The van der Waals surface area contributed by atoms with Crippen molar-refractivity contribution in [2.24, 2.45) is 0 Å². The second-order valence-corrected chi connectivity index (χ2v) is 6.33. The minimum atomic E-state index is 1.29. The monoisotopic (exact) mass is 430 g/mol. The molecule has 0 aliphatic rings. The van der Waals surface area contributed by atoms with E-state index >= 15 is 0 Å². The van der Waals surface area contributed by atoms with E-state index < -0.39 is 0 Å². The maximum absolute atomic E-state index is 2.36. The van der Waals surface area contributed by atoms with Crippen LogP contribution in [0, 0.1) is 7.14 Å². The largest absolute Gasteiger partial charge is 0.0533 e. The standard InChI is InChI=1S/C14H8I2/c15-13-3-1-9-5-10-2-4-14(16)8-12(10)6-11(9)7-13/h1-8H. The summed E-state index contributed by atoms with van der Waals surface area (Å²) in [4.78, 5) is 0. The van der Waals surface area contributed by atoms with Crippen molar-refractivity contribution in [3.8, 4) is 0 Å². The van der Waals surface area contributed by atoms with Crippen LogP contribution in [-0.2, 0) is 0 Å². The van der Waals surface area contributed by atoms with Gasteiger partial charge < -0.3 is 0 Å². The third-order valence-electron chi connectivity index (χ3n) is 2.72. The molecule has 0 aromatic heterocycles. The Labute approximate surface area is 121 Å². The molecule has 0 saturated carbocycles. The Bertz CT molecular complexity index is 630. The van der Waals surface area contributed by atoms with Crippen LogP contribution in [0.1, 0.15) is 0 Å². The molecule has 0 amide bonds. The molecule has 0 bridgehead atoms. The van der Waals surface area contributed by atoms with Gasteiger partial charge in [-0.1, -0.05) is 12.1 Å². The topological polar surface area (TPSA) is 0 Å². The molecule has 0 radical (unpaired) electrons. The lowest BCUT2D eigenvalue weighted by Gasteiger charge is -2.03. The van der Waals surface area contributed by atoms with E-state index in [0.717, 1.165) is 0 Å². The van der Waals surface area contributed by atoms with Gasteiger partial charge >= 0.3 is 0 Å². The van der Waals surface area contributed by atoms with Crippen LogP contribution in [0.15, 0.2) is 48.5 Å². The third kappa shape index (κ3) is 1.93. The van der Waals surface area contributed by atoms with Crippen LogP contribution < -0.4 is 0 Å². The van der Waals surface area contributed by atoms with E-state index in [9.17, 15) is 0 Å². The van der Waals surface area contributed by atoms with Crippen molar-refractivity contribution in [3.05, 3.63) is 55.7 Å². The van der Waals surface area contributed by atoms with Gasteiger partial charge in [-0.25, -0.2) is 0 Å². The van der Waals surface area contributed by atoms with Crippen molar-refractivity contribution < 1.29 is 0 Å². The van der Waals surface area contributed by atoms with Gasteiger partial charge in [0, 0.05) is 7.14 Å². The van der Waals surface area contributed by atoms with Gasteiger partial charge in [0.1, 0.15) is 0 Å². The highest BCUT2D eigenvalue weighted by Crippen LogP contribution is 2.25. The average Bonchev–Trinajstić information content (AvgIpc) is 2.26. The second kappa shape index (κ2) is 4.14. The minimum Gasteiger partial charge on any atom is -0.0533 e. The van der Waals surface area contributed by atoms with Crippen molar-refractivity contribution >= 4 is 66.7 Å². The molecule has 0 saturated heterocycles. The van der Waals surface area contributed by atoms with Crippen LogP contribution in [0.3, 0.4) is 0 Å². The number of halogens is 2. The van der Waals surface area contributed by atoms with E-state index in [1.165, 1.54) is 28.7 Å². The van der Waals surface area contributed by atoms with Crippen molar-refractivity contribution in [1.29, 1.82) is 0 Å². The molecule has 0 heterocycles. The fraction of sp³-hybridized carbons (Fsp3) is 0. The van der Waals surface area contributed by atoms with Gasteiger partial charge in [0.2, 0.25) is 0 Å². The van der Waals surface area contributed by atoms with Gasteiger partial charge in [-0.05, 0) is 103 Å². The summed E-state index contributed by atoms with van der Waals surface area (Å²) in [6.07, 6.45) is 0. The fourth-order valence-corrected chi connectivity index (χ4v) is 2.97. The molecule has 0 atom stereocenters. The minimum absolute atomic E-state index is 1.29. The van der Waals surface area contributed by atoms with Gasteiger partial charge in [-0.2, -0.15) is 0 Å². The van der Waals surface area contributed by atoms with Crippen LogP contribution in [-0.4, -0.2) is 0 Å². The van der Waals surface area contributed by atoms with Gasteiger partial charge in [-0.3, -0.25) is 0 Å². The van der Waals surface area contributed by atoms with Gasteiger partial charge in [-0.15, -0.1) is 0 Å². The first-order valence-corrected chi connectivity index (χ1v) is 7.17. The molecule has 0 nitrogen and oxygen atoms in total. The summed E-state index contributed by atoms with van der Waals surface area (Å²) in [7, 11) is 0. The molecular formula is C14H8I2. The molecular weight excluding hydrogens is 422 g/mol. The van der Waals surface area contributed by atoms with Gasteiger partial charge in [0.25, 0.3) is 0 Å². The summed E-state index contributed by atoms with van der Waals surface area (Å²) >= 11 is 4.71. The zero-order chi connectivity index (χ0) is 11.1. The molecule has 0 aliphatic heterocycles. The summed E-state index contributed by atoms with van der Waals surface area (Å²) in [5.74, 6) is 0. The number of rotatable bonds is 0. The fourth-order valence-electron chi connectivity index (χ4n) is 1.94. The lowest BCUT2D eigenvalue weighted by atomic mass is 10.0. The van der Waals surface area contributed by atoms with Crippen LogP contribution >= 0.6 is 45.2 Å². The molecule has 78 valence electrons. The zero-order valence-electron chi connectivity index (χ0n) is 8.37. The van der Waals surface area contributed by atoms with Crippen LogP contribution in [0.25, 0.3) is 21.5 Å². The molecule has 0 fully saturated rings. The third-order valence-corrected chi connectivity index (χ3v) is 4.06. The first-order chi connectivity index (χ1) is 7.72. The molecule has 16 heavy (non-hydrogen) atoms. The van der Waals surface area contributed by atoms with E-state index in [1.54, 1.807) is 0 Å². The van der Waals surface area contributed by atoms with Crippen LogP contribution in [0.4, 0.5) is 0 Å². The summed E-state index contributed by atoms with van der Waals surface area (Å²) < 4.78 is 2.57. The molecule has 3 aromatic carbocycles. The van der Waals surface area contributed by atoms with Gasteiger partial charge in [0.05, 0.1) is 0 Å². The van der Waals surface area contributed by atoms with Crippen molar-refractivity contribution in [2.45, 2.75) is 0 Å². The number of hydrogen-bond acceptors (Lipinski definition) is 0. The summed E-state index contributed by atoms with van der Waals surface area (Å²) in [5, 5.41) is 5.27. The Morgan fingerprint density at radius 3 is 1.44 bits per heavy atom. The Morgan fingerprint density at radius 1 is 0.500 bits per heavy atom. The van der Waals surface area contributed by atoms with E-state index in [1.807, 2.05) is 0 Å². The molecule has 0 N–H and O–H groups in total. The highest BCUT2D eigenvalue weighted by Gasteiger charge is 1.99. The van der Waals surface area contributed by atoms with E-state index in [4.69, 9.17) is 0 Å². The SMILES string of the molecule is Ic1ccc2cc3ccc(I)cc3cc2c1. The van der Waals surface area contributed by atoms with Crippen LogP contribution in [0.2, 0.25) is 0 Å².